The third-order valence-corrected chi connectivity index (χ3v) is 4.56. The van der Waals surface area contributed by atoms with Crippen LogP contribution in [0.3, 0.4) is 0 Å². The highest BCUT2D eigenvalue weighted by molar-refractivity contribution is 9.10. The van der Waals surface area contributed by atoms with E-state index in [4.69, 9.17) is 5.73 Å². The minimum Gasteiger partial charge on any atom is -0.399 e. The van der Waals surface area contributed by atoms with E-state index in [2.05, 4.69) is 30.3 Å². The molecule has 6 heteroatoms. The van der Waals surface area contributed by atoms with E-state index in [1.54, 1.807) is 6.20 Å². The first kappa shape index (κ1) is 16.4. The molecule has 0 aliphatic carbocycles. The number of nitrogen functional groups attached to an aromatic ring is 1. The van der Waals surface area contributed by atoms with Gasteiger partial charge in [0.1, 0.15) is 15.9 Å². The molecule has 4 aromatic heterocycles. The summed E-state index contributed by atoms with van der Waals surface area (Å²) in [6.45, 7) is 0. The molecule has 0 saturated carbocycles. The second-order valence-corrected chi connectivity index (χ2v) is 6.52. The van der Waals surface area contributed by atoms with Crippen LogP contribution in [0.4, 0.5) is 5.69 Å². The van der Waals surface area contributed by atoms with Crippen LogP contribution in [0.2, 0.25) is 0 Å². The molecule has 0 fully saturated rings. The summed E-state index contributed by atoms with van der Waals surface area (Å²) in [5.41, 5.74) is 10.6. The fourth-order valence-corrected chi connectivity index (χ4v) is 3.15. The summed E-state index contributed by atoms with van der Waals surface area (Å²) >= 11 is 3.37. The van der Waals surface area contributed by atoms with Crippen LogP contribution in [-0.4, -0.2) is 18.8 Å². The summed E-state index contributed by atoms with van der Waals surface area (Å²) in [6.07, 6.45) is 7.62. The maximum Gasteiger partial charge on any atom is 0.137 e. The summed E-state index contributed by atoms with van der Waals surface area (Å²) in [6, 6.07) is 19.7. The van der Waals surface area contributed by atoms with Gasteiger partial charge in [0, 0.05) is 23.6 Å². The van der Waals surface area contributed by atoms with Gasteiger partial charge in [-0.2, -0.15) is 0 Å². The first-order valence-electron chi connectivity index (χ1n) is 8.08. The zero-order valence-electron chi connectivity index (χ0n) is 13.8. The van der Waals surface area contributed by atoms with Crippen molar-refractivity contribution in [2.24, 2.45) is 0 Å². The van der Waals surface area contributed by atoms with Gasteiger partial charge in [0.2, 0.25) is 0 Å². The lowest BCUT2D eigenvalue weighted by Gasteiger charge is -2.02. The number of rotatable bonds is 1. The molecular weight excluding hydrogens is 390 g/mol. The van der Waals surface area contributed by atoms with Gasteiger partial charge in [0.05, 0.1) is 18.1 Å². The number of pyridine rings is 2. The van der Waals surface area contributed by atoms with E-state index in [9.17, 15) is 0 Å². The summed E-state index contributed by atoms with van der Waals surface area (Å²) in [5.74, 6) is 0. The van der Waals surface area contributed by atoms with Crippen molar-refractivity contribution in [2.75, 3.05) is 5.73 Å². The maximum absolute atomic E-state index is 5.78. The van der Waals surface area contributed by atoms with Gasteiger partial charge in [-0.25, -0.2) is 9.97 Å². The van der Waals surface area contributed by atoms with E-state index in [1.807, 2.05) is 83.7 Å². The van der Waals surface area contributed by atoms with Crippen LogP contribution in [0.1, 0.15) is 0 Å². The molecule has 0 spiro atoms. The van der Waals surface area contributed by atoms with Crippen molar-refractivity contribution >= 4 is 32.9 Å². The molecule has 26 heavy (non-hydrogen) atoms. The molecule has 1 aromatic carbocycles. The zero-order valence-corrected chi connectivity index (χ0v) is 15.4. The molecule has 5 nitrogen and oxygen atoms in total. The normalized spacial score (nSPS) is 10.7. The molecule has 0 aliphatic heterocycles. The molecule has 2 N–H and O–H groups in total. The van der Waals surface area contributed by atoms with Crippen molar-refractivity contribution in [1.82, 2.24) is 18.8 Å². The molecule has 0 bridgehead atoms. The number of imidazole rings is 2. The van der Waals surface area contributed by atoms with Crippen molar-refractivity contribution in [1.29, 1.82) is 0 Å². The number of hydrogen-bond acceptors (Lipinski definition) is 3. The van der Waals surface area contributed by atoms with Crippen molar-refractivity contribution in [2.45, 2.75) is 0 Å². The van der Waals surface area contributed by atoms with E-state index >= 15 is 0 Å². The predicted octanol–water partition coefficient (Wildman–Crippen LogP) is 4.68. The van der Waals surface area contributed by atoms with E-state index < -0.39 is 0 Å². The third-order valence-electron chi connectivity index (χ3n) is 3.97. The Bertz CT molecular complexity index is 1170. The number of fused-ring (bicyclic) bond motifs is 2. The molecular formula is C20H16BrN5. The van der Waals surface area contributed by atoms with Crippen LogP contribution in [0, 0.1) is 0 Å². The summed E-state index contributed by atoms with van der Waals surface area (Å²) in [4.78, 5) is 8.48. The van der Waals surface area contributed by atoms with Crippen LogP contribution in [0.25, 0.3) is 22.6 Å². The molecule has 0 saturated heterocycles. The van der Waals surface area contributed by atoms with E-state index in [-0.39, 0.29) is 0 Å². The highest BCUT2D eigenvalue weighted by Crippen LogP contribution is 2.22. The molecule has 0 radical (unpaired) electrons. The number of halogens is 1. The number of nitrogens with two attached hydrogens (primary N) is 1. The standard InChI is InChI=1S/C13H11N3.C7H5BrN2/c14-11-5-3-4-10(8-11)12-9-15-13-6-1-2-7-16(12)13;8-6-5-9-7-3-1-2-4-10(6)7/h1-9H,14H2;1-5H. The Morgan fingerprint density at radius 1 is 0.769 bits per heavy atom. The zero-order chi connectivity index (χ0) is 17.9. The van der Waals surface area contributed by atoms with Crippen molar-refractivity contribution < 1.29 is 0 Å². The monoisotopic (exact) mass is 405 g/mol. The molecule has 4 heterocycles. The first-order valence-corrected chi connectivity index (χ1v) is 8.87. The predicted molar refractivity (Wildman–Crippen MR) is 108 cm³/mol. The minimum absolute atomic E-state index is 0.767. The Balaban J connectivity index is 0.000000144. The number of hydrogen-bond donors (Lipinski definition) is 1. The highest BCUT2D eigenvalue weighted by Gasteiger charge is 2.04. The number of nitrogens with zero attached hydrogens (tertiary/aromatic N) is 4. The average molecular weight is 406 g/mol. The van der Waals surface area contributed by atoms with Crippen molar-refractivity contribution in [3.05, 3.63) is 90.1 Å². The smallest absolute Gasteiger partial charge is 0.137 e. The summed E-state index contributed by atoms with van der Waals surface area (Å²) < 4.78 is 5.01. The Morgan fingerprint density at radius 2 is 1.46 bits per heavy atom. The lowest BCUT2D eigenvalue weighted by molar-refractivity contribution is 1.15. The SMILES string of the molecule is Brc1cnc2ccccn12.Nc1cccc(-c2cnc3ccccn23)c1. The quantitative estimate of drug-likeness (QED) is 0.411. The van der Waals surface area contributed by atoms with Crippen molar-refractivity contribution in [3.63, 3.8) is 0 Å². The van der Waals surface area contributed by atoms with Gasteiger partial charge in [-0.05, 0) is 52.3 Å². The number of anilines is 1. The molecule has 0 unspecified atom stereocenters. The van der Waals surface area contributed by atoms with Crippen LogP contribution >= 0.6 is 15.9 Å². The molecule has 5 aromatic rings. The first-order chi connectivity index (χ1) is 12.7. The molecule has 5 rings (SSSR count). The number of aromatic nitrogens is 4. The van der Waals surface area contributed by atoms with Crippen LogP contribution < -0.4 is 5.73 Å². The lowest BCUT2D eigenvalue weighted by Crippen LogP contribution is -1.89. The number of benzene rings is 1. The van der Waals surface area contributed by atoms with Gasteiger partial charge in [0.25, 0.3) is 0 Å². The van der Waals surface area contributed by atoms with Gasteiger partial charge in [-0.15, -0.1) is 0 Å². The van der Waals surface area contributed by atoms with E-state index in [1.165, 1.54) is 0 Å². The second-order valence-electron chi connectivity index (χ2n) is 5.71. The second kappa shape index (κ2) is 7.01. The fourth-order valence-electron chi connectivity index (χ4n) is 2.75. The average Bonchev–Trinajstić information content (AvgIpc) is 3.27. The third kappa shape index (κ3) is 3.19. The van der Waals surface area contributed by atoms with Crippen LogP contribution in [-0.2, 0) is 0 Å². The largest absolute Gasteiger partial charge is 0.399 e. The van der Waals surface area contributed by atoms with Gasteiger partial charge < -0.3 is 5.73 Å². The van der Waals surface area contributed by atoms with E-state index in [0.717, 1.165) is 32.8 Å². The molecule has 0 aliphatic rings. The minimum atomic E-state index is 0.767. The molecule has 0 amide bonds. The Kier molecular flexibility index (Phi) is 4.41. The topological polar surface area (TPSA) is 60.6 Å². The Labute approximate surface area is 158 Å². The van der Waals surface area contributed by atoms with Gasteiger partial charge in [-0.1, -0.05) is 24.3 Å². The summed E-state index contributed by atoms with van der Waals surface area (Å²) in [7, 11) is 0. The molecule has 0 atom stereocenters. The van der Waals surface area contributed by atoms with Crippen LogP contribution in [0.5, 0.6) is 0 Å². The van der Waals surface area contributed by atoms with Gasteiger partial charge >= 0.3 is 0 Å². The lowest BCUT2D eigenvalue weighted by atomic mass is 10.1. The summed E-state index contributed by atoms with van der Waals surface area (Å²) in [5, 5.41) is 0. The van der Waals surface area contributed by atoms with E-state index in [0.29, 0.717) is 0 Å². The van der Waals surface area contributed by atoms with Gasteiger partial charge in [0.15, 0.2) is 0 Å². The molecule has 128 valence electrons. The highest BCUT2D eigenvalue weighted by atomic mass is 79.9. The van der Waals surface area contributed by atoms with Crippen molar-refractivity contribution in [3.8, 4) is 11.3 Å². The Hall–Kier alpha value is -3.12. The Morgan fingerprint density at radius 3 is 2.19 bits per heavy atom. The fraction of sp³-hybridized carbons (Fsp3) is 0. The van der Waals surface area contributed by atoms with Gasteiger partial charge in [-0.3, -0.25) is 8.80 Å². The maximum atomic E-state index is 5.78. The van der Waals surface area contributed by atoms with Crippen LogP contribution in [0.15, 0.2) is 90.1 Å².